The Hall–Kier alpha value is -0.0800. The molecule has 0 aromatic heterocycles. The van der Waals surface area contributed by atoms with Gasteiger partial charge in [0, 0.05) is 12.6 Å². The molecule has 0 spiro atoms. The number of nitrogens with zero attached hydrogens (tertiary/aromatic N) is 1. The lowest BCUT2D eigenvalue weighted by molar-refractivity contribution is 0.268. The number of unbranched alkanes of at least 4 members (excludes halogenated alkanes) is 2. The van der Waals surface area contributed by atoms with Crippen molar-refractivity contribution in [1.82, 2.24) is 10.2 Å². The van der Waals surface area contributed by atoms with Crippen LogP contribution in [0.4, 0.5) is 0 Å². The molecule has 2 heteroatoms. The minimum Gasteiger partial charge on any atom is -0.313 e. The van der Waals surface area contributed by atoms with E-state index in [1.54, 1.807) is 0 Å². The molecule has 1 rings (SSSR count). The van der Waals surface area contributed by atoms with Crippen molar-refractivity contribution in [3.63, 3.8) is 0 Å². The van der Waals surface area contributed by atoms with Gasteiger partial charge in [-0.1, -0.05) is 47.0 Å². The van der Waals surface area contributed by atoms with E-state index < -0.39 is 0 Å². The molecule has 1 N–H and O–H groups in total. The Morgan fingerprint density at radius 3 is 2.55 bits per heavy atom. The first-order valence-corrected chi connectivity index (χ1v) is 9.03. The fourth-order valence-electron chi connectivity index (χ4n) is 3.26. The van der Waals surface area contributed by atoms with E-state index in [2.05, 4.69) is 37.9 Å². The molecule has 0 bridgehead atoms. The van der Waals surface area contributed by atoms with Gasteiger partial charge in [0.1, 0.15) is 0 Å². The van der Waals surface area contributed by atoms with Crippen LogP contribution >= 0.6 is 0 Å². The lowest BCUT2D eigenvalue weighted by Crippen LogP contribution is -2.37. The highest BCUT2D eigenvalue weighted by atomic mass is 15.1. The minimum atomic E-state index is 0.463. The molecule has 0 aromatic carbocycles. The van der Waals surface area contributed by atoms with Crippen LogP contribution in [0.25, 0.3) is 0 Å². The van der Waals surface area contributed by atoms with Crippen molar-refractivity contribution in [3.05, 3.63) is 0 Å². The molecule has 1 fully saturated rings. The lowest BCUT2D eigenvalue weighted by Gasteiger charge is -2.28. The lowest BCUT2D eigenvalue weighted by atomic mass is 9.86. The quantitative estimate of drug-likeness (QED) is 0.629. The summed E-state index contributed by atoms with van der Waals surface area (Å²) in [5, 5.41) is 3.86. The van der Waals surface area contributed by atoms with Crippen LogP contribution in [-0.2, 0) is 0 Å². The first kappa shape index (κ1) is 18.0. The van der Waals surface area contributed by atoms with Crippen molar-refractivity contribution in [2.45, 2.75) is 85.1 Å². The van der Waals surface area contributed by atoms with E-state index in [4.69, 9.17) is 0 Å². The van der Waals surface area contributed by atoms with Crippen LogP contribution in [0.3, 0.4) is 0 Å². The van der Waals surface area contributed by atoms with E-state index in [-0.39, 0.29) is 0 Å². The number of hydrogen-bond acceptors (Lipinski definition) is 2. The van der Waals surface area contributed by atoms with Gasteiger partial charge in [0.2, 0.25) is 0 Å². The fourth-order valence-corrected chi connectivity index (χ4v) is 3.26. The summed E-state index contributed by atoms with van der Waals surface area (Å²) in [7, 11) is 0. The van der Waals surface area contributed by atoms with Crippen molar-refractivity contribution in [2.24, 2.45) is 5.41 Å². The first-order chi connectivity index (χ1) is 9.57. The molecule has 0 aromatic rings. The van der Waals surface area contributed by atoms with Gasteiger partial charge >= 0.3 is 0 Å². The van der Waals surface area contributed by atoms with Gasteiger partial charge in [0.15, 0.2) is 0 Å². The maximum absolute atomic E-state index is 3.86. The van der Waals surface area contributed by atoms with Crippen molar-refractivity contribution < 1.29 is 0 Å². The summed E-state index contributed by atoms with van der Waals surface area (Å²) < 4.78 is 0. The van der Waals surface area contributed by atoms with Gasteiger partial charge in [-0.05, 0) is 57.2 Å². The average molecular weight is 283 g/mol. The second kappa shape index (κ2) is 9.78. The Morgan fingerprint density at radius 1 is 1.05 bits per heavy atom. The number of nitrogens with one attached hydrogen (secondary N) is 1. The van der Waals surface area contributed by atoms with Gasteiger partial charge in [0.25, 0.3) is 0 Å². The monoisotopic (exact) mass is 282 g/mol. The van der Waals surface area contributed by atoms with Gasteiger partial charge in [-0.3, -0.25) is 0 Å². The zero-order valence-electron chi connectivity index (χ0n) is 14.5. The van der Waals surface area contributed by atoms with Crippen LogP contribution in [0.15, 0.2) is 0 Å². The molecule has 20 heavy (non-hydrogen) atoms. The molecule has 120 valence electrons. The highest BCUT2D eigenvalue weighted by molar-refractivity contribution is 4.79. The molecule has 1 heterocycles. The molecule has 1 aliphatic heterocycles. The van der Waals surface area contributed by atoms with Crippen LogP contribution < -0.4 is 5.32 Å². The van der Waals surface area contributed by atoms with Gasteiger partial charge in [-0.15, -0.1) is 0 Å². The summed E-state index contributed by atoms with van der Waals surface area (Å²) in [6, 6.07) is 0.752. The molecular weight excluding hydrogens is 244 g/mol. The molecule has 0 aliphatic carbocycles. The smallest absolute Gasteiger partial charge is 0.00799 e. The maximum atomic E-state index is 3.86. The number of likely N-dealkylation sites (tertiary alicyclic amines) is 1. The summed E-state index contributed by atoms with van der Waals surface area (Å²) in [5.74, 6) is 0. The maximum Gasteiger partial charge on any atom is 0.00799 e. The third-order valence-electron chi connectivity index (χ3n) is 4.69. The molecule has 2 nitrogen and oxygen atoms in total. The summed E-state index contributed by atoms with van der Waals surface area (Å²) in [5.41, 5.74) is 0.463. The third-order valence-corrected chi connectivity index (χ3v) is 4.69. The molecule has 1 aliphatic rings. The van der Waals surface area contributed by atoms with E-state index >= 15 is 0 Å². The number of hydrogen-bond donors (Lipinski definition) is 1. The predicted molar refractivity (Wildman–Crippen MR) is 90.3 cm³/mol. The molecule has 0 radical (unpaired) electrons. The van der Waals surface area contributed by atoms with Crippen molar-refractivity contribution in [1.29, 1.82) is 0 Å². The van der Waals surface area contributed by atoms with Crippen LogP contribution in [-0.4, -0.2) is 37.1 Å². The van der Waals surface area contributed by atoms with Gasteiger partial charge < -0.3 is 10.2 Å². The van der Waals surface area contributed by atoms with Crippen LogP contribution in [0.5, 0.6) is 0 Å². The second-order valence-corrected chi connectivity index (χ2v) is 7.47. The summed E-state index contributed by atoms with van der Waals surface area (Å²) in [6.07, 6.45) is 10.8. The Kier molecular flexibility index (Phi) is 8.79. The largest absolute Gasteiger partial charge is 0.313 e. The first-order valence-electron chi connectivity index (χ1n) is 9.03. The molecule has 1 atom stereocenters. The van der Waals surface area contributed by atoms with E-state index in [9.17, 15) is 0 Å². The zero-order valence-corrected chi connectivity index (χ0v) is 14.5. The molecule has 0 amide bonds. The summed E-state index contributed by atoms with van der Waals surface area (Å²) in [6.45, 7) is 14.5. The second-order valence-electron chi connectivity index (χ2n) is 7.47. The molecule has 1 saturated heterocycles. The summed E-state index contributed by atoms with van der Waals surface area (Å²) >= 11 is 0. The molecular formula is C18H38N2. The molecule has 0 saturated carbocycles. The van der Waals surface area contributed by atoms with Gasteiger partial charge in [-0.25, -0.2) is 0 Å². The van der Waals surface area contributed by atoms with Crippen LogP contribution in [0, 0.1) is 5.41 Å². The van der Waals surface area contributed by atoms with Crippen molar-refractivity contribution >= 4 is 0 Å². The Bertz CT molecular complexity index is 238. The van der Waals surface area contributed by atoms with E-state index in [0.717, 1.165) is 6.04 Å². The van der Waals surface area contributed by atoms with Crippen LogP contribution in [0.2, 0.25) is 0 Å². The summed E-state index contributed by atoms with van der Waals surface area (Å²) in [4.78, 5) is 2.65. The van der Waals surface area contributed by atoms with E-state index in [1.807, 2.05) is 0 Å². The number of rotatable bonds is 9. The highest BCUT2D eigenvalue weighted by Crippen LogP contribution is 2.23. The van der Waals surface area contributed by atoms with Crippen LogP contribution in [0.1, 0.15) is 79.1 Å². The van der Waals surface area contributed by atoms with Crippen molar-refractivity contribution in [2.75, 3.05) is 26.2 Å². The van der Waals surface area contributed by atoms with E-state index in [1.165, 1.54) is 77.5 Å². The zero-order chi connectivity index (χ0) is 14.8. The van der Waals surface area contributed by atoms with Gasteiger partial charge in [0.05, 0.1) is 0 Å². The normalized spacial score (nSPS) is 21.9. The molecule has 1 unspecified atom stereocenters. The topological polar surface area (TPSA) is 15.3 Å². The predicted octanol–water partition coefficient (Wildman–Crippen LogP) is 4.45. The highest BCUT2D eigenvalue weighted by Gasteiger charge is 2.21. The Balaban J connectivity index is 2.23. The SMILES string of the molecule is CCCCCC(C)(C)CNC1CCCN(CCC)CC1. The van der Waals surface area contributed by atoms with Gasteiger partial charge in [-0.2, -0.15) is 0 Å². The van der Waals surface area contributed by atoms with Crippen molar-refractivity contribution in [3.8, 4) is 0 Å². The Morgan fingerprint density at radius 2 is 1.85 bits per heavy atom. The fraction of sp³-hybridized carbons (Fsp3) is 1.00. The third kappa shape index (κ3) is 7.64. The standard InChI is InChI=1S/C18H38N2/c1-5-7-8-12-18(3,4)16-19-17-10-9-14-20(13-6-2)15-11-17/h17,19H,5-16H2,1-4H3. The Labute approximate surface area is 127 Å². The van der Waals surface area contributed by atoms with E-state index in [0.29, 0.717) is 5.41 Å². The minimum absolute atomic E-state index is 0.463. The average Bonchev–Trinajstić information content (AvgIpc) is 2.63.